The molecule has 19 heavy (non-hydrogen) atoms. The van der Waals surface area contributed by atoms with E-state index in [1.807, 2.05) is 12.4 Å². The Balaban J connectivity index is 2.56. The van der Waals surface area contributed by atoms with Crippen LogP contribution in [0.5, 0.6) is 0 Å². The average Bonchev–Trinajstić information content (AvgIpc) is 2.44. The fourth-order valence-electron chi connectivity index (χ4n) is 2.59. The van der Waals surface area contributed by atoms with E-state index in [2.05, 4.69) is 62.3 Å². The molecule has 0 aliphatic carbocycles. The molecule has 1 unspecified atom stereocenters. The van der Waals surface area contributed by atoms with Gasteiger partial charge in [0.15, 0.2) is 0 Å². The fourth-order valence-corrected chi connectivity index (χ4v) is 2.59. The van der Waals surface area contributed by atoms with Crippen molar-refractivity contribution in [3.8, 4) is 0 Å². The van der Waals surface area contributed by atoms with Crippen molar-refractivity contribution in [3.63, 3.8) is 0 Å². The van der Waals surface area contributed by atoms with E-state index in [0.29, 0.717) is 6.04 Å². The molecule has 0 saturated carbocycles. The first kappa shape index (κ1) is 14.0. The van der Waals surface area contributed by atoms with E-state index in [9.17, 15) is 0 Å². The van der Waals surface area contributed by atoms with Crippen molar-refractivity contribution in [2.24, 2.45) is 5.41 Å². The van der Waals surface area contributed by atoms with Gasteiger partial charge in [-0.2, -0.15) is 0 Å². The lowest BCUT2D eigenvalue weighted by Gasteiger charge is -2.35. The Morgan fingerprint density at radius 1 is 1.16 bits per heavy atom. The molecule has 1 aromatic carbocycles. The molecule has 2 heteroatoms. The largest absolute Gasteiger partial charge is 0.310 e. The number of fused-ring (bicyclic) bond motifs is 1. The summed E-state index contributed by atoms with van der Waals surface area (Å²) >= 11 is 0. The summed E-state index contributed by atoms with van der Waals surface area (Å²) in [7, 11) is 0. The van der Waals surface area contributed by atoms with Gasteiger partial charge in [0, 0.05) is 23.8 Å². The molecule has 1 atom stereocenters. The summed E-state index contributed by atoms with van der Waals surface area (Å²) in [6.07, 6.45) is 5.10. The van der Waals surface area contributed by atoms with Gasteiger partial charge in [0.2, 0.25) is 0 Å². The smallest absolute Gasteiger partial charge is 0.0393 e. The Bertz CT molecular complexity index is 540. The second-order valence-electron chi connectivity index (χ2n) is 5.78. The summed E-state index contributed by atoms with van der Waals surface area (Å²) in [5.41, 5.74) is 1.52. The Labute approximate surface area is 116 Å². The van der Waals surface area contributed by atoms with Gasteiger partial charge in [0.05, 0.1) is 0 Å². The third-order valence-electron chi connectivity index (χ3n) is 4.11. The van der Waals surface area contributed by atoms with E-state index in [0.717, 1.165) is 13.0 Å². The molecular formula is C17H24N2. The quantitative estimate of drug-likeness (QED) is 0.861. The Morgan fingerprint density at radius 2 is 1.89 bits per heavy atom. The minimum atomic E-state index is 0.210. The monoisotopic (exact) mass is 256 g/mol. The highest BCUT2D eigenvalue weighted by molar-refractivity contribution is 5.85. The summed E-state index contributed by atoms with van der Waals surface area (Å²) in [4.78, 5) is 4.42. The first-order valence-electron chi connectivity index (χ1n) is 7.16. The molecule has 0 radical (unpaired) electrons. The van der Waals surface area contributed by atoms with Gasteiger partial charge >= 0.3 is 0 Å². The summed E-state index contributed by atoms with van der Waals surface area (Å²) in [6, 6.07) is 8.84. The summed E-state index contributed by atoms with van der Waals surface area (Å²) < 4.78 is 0. The van der Waals surface area contributed by atoms with Crippen molar-refractivity contribution < 1.29 is 0 Å². The Morgan fingerprint density at radius 3 is 2.58 bits per heavy atom. The number of hydrogen-bond donors (Lipinski definition) is 1. The maximum absolute atomic E-state index is 4.42. The van der Waals surface area contributed by atoms with E-state index in [1.165, 1.54) is 16.3 Å². The van der Waals surface area contributed by atoms with Crippen molar-refractivity contribution in [1.29, 1.82) is 0 Å². The zero-order valence-electron chi connectivity index (χ0n) is 12.4. The van der Waals surface area contributed by atoms with E-state index >= 15 is 0 Å². The van der Waals surface area contributed by atoms with Crippen LogP contribution >= 0.6 is 0 Å². The highest BCUT2D eigenvalue weighted by atomic mass is 14.9. The number of nitrogens with one attached hydrogen (secondary N) is 1. The van der Waals surface area contributed by atoms with Crippen LogP contribution in [0.4, 0.5) is 0 Å². The number of pyridine rings is 1. The van der Waals surface area contributed by atoms with Gasteiger partial charge in [0.25, 0.3) is 0 Å². The van der Waals surface area contributed by atoms with E-state index in [1.54, 1.807) is 0 Å². The highest BCUT2D eigenvalue weighted by Crippen LogP contribution is 2.38. The van der Waals surface area contributed by atoms with Crippen LogP contribution in [0.15, 0.2) is 36.7 Å². The summed E-state index contributed by atoms with van der Waals surface area (Å²) in [5, 5.41) is 6.17. The fraction of sp³-hybridized carbons (Fsp3) is 0.471. The lowest BCUT2D eigenvalue weighted by Crippen LogP contribution is -2.34. The molecule has 2 aromatic rings. The number of rotatable bonds is 5. The molecule has 0 aliphatic rings. The molecule has 2 nitrogen and oxygen atoms in total. The van der Waals surface area contributed by atoms with Crippen LogP contribution in [0, 0.1) is 5.41 Å². The van der Waals surface area contributed by atoms with Crippen LogP contribution in [0.3, 0.4) is 0 Å². The van der Waals surface area contributed by atoms with Gasteiger partial charge in [-0.05, 0) is 29.3 Å². The SMILES string of the molecule is CCNC(c1cncc2ccccc12)C(C)(C)CC. The van der Waals surface area contributed by atoms with Gasteiger partial charge < -0.3 is 5.32 Å². The number of hydrogen-bond acceptors (Lipinski definition) is 2. The maximum Gasteiger partial charge on any atom is 0.0393 e. The van der Waals surface area contributed by atoms with Crippen LogP contribution in [0.25, 0.3) is 10.8 Å². The van der Waals surface area contributed by atoms with Crippen LogP contribution in [-0.2, 0) is 0 Å². The van der Waals surface area contributed by atoms with Gasteiger partial charge in [0.1, 0.15) is 0 Å². The molecule has 1 N–H and O–H groups in total. The topological polar surface area (TPSA) is 24.9 Å². The molecule has 102 valence electrons. The average molecular weight is 256 g/mol. The second kappa shape index (κ2) is 5.70. The van der Waals surface area contributed by atoms with Crippen molar-refractivity contribution >= 4 is 10.8 Å². The summed E-state index contributed by atoms with van der Waals surface area (Å²) in [6.45, 7) is 10.0. The van der Waals surface area contributed by atoms with Gasteiger partial charge in [-0.25, -0.2) is 0 Å². The van der Waals surface area contributed by atoms with Crippen LogP contribution in [-0.4, -0.2) is 11.5 Å². The number of benzene rings is 1. The predicted octanol–water partition coefficient (Wildman–Crippen LogP) is 4.32. The summed E-state index contributed by atoms with van der Waals surface area (Å²) in [5.74, 6) is 0. The molecule has 2 rings (SSSR count). The lowest BCUT2D eigenvalue weighted by molar-refractivity contribution is 0.238. The van der Waals surface area contributed by atoms with Gasteiger partial charge in [-0.15, -0.1) is 0 Å². The molecule has 0 fully saturated rings. The Hall–Kier alpha value is -1.41. The van der Waals surface area contributed by atoms with Crippen LogP contribution < -0.4 is 5.32 Å². The zero-order valence-corrected chi connectivity index (χ0v) is 12.4. The second-order valence-corrected chi connectivity index (χ2v) is 5.78. The molecule has 1 aromatic heterocycles. The normalized spacial score (nSPS) is 13.7. The molecule has 0 spiro atoms. The molecule has 0 amide bonds. The number of aromatic nitrogens is 1. The van der Waals surface area contributed by atoms with Crippen molar-refractivity contribution in [3.05, 3.63) is 42.2 Å². The standard InChI is InChI=1S/C17H24N2/c1-5-17(3,4)16(19-6-2)15-12-18-11-13-9-7-8-10-14(13)15/h7-12,16,19H,5-6H2,1-4H3. The van der Waals surface area contributed by atoms with Crippen LogP contribution in [0.2, 0.25) is 0 Å². The first-order chi connectivity index (χ1) is 9.10. The maximum atomic E-state index is 4.42. The van der Waals surface area contributed by atoms with E-state index < -0.39 is 0 Å². The molecule has 0 bridgehead atoms. The van der Waals surface area contributed by atoms with Crippen LogP contribution in [0.1, 0.15) is 45.7 Å². The van der Waals surface area contributed by atoms with Gasteiger partial charge in [-0.1, -0.05) is 52.0 Å². The molecular weight excluding hydrogens is 232 g/mol. The highest BCUT2D eigenvalue weighted by Gasteiger charge is 2.29. The van der Waals surface area contributed by atoms with Crippen molar-refractivity contribution in [2.75, 3.05) is 6.54 Å². The van der Waals surface area contributed by atoms with E-state index in [4.69, 9.17) is 0 Å². The lowest BCUT2D eigenvalue weighted by atomic mass is 9.77. The molecule has 0 saturated heterocycles. The third kappa shape index (κ3) is 2.79. The van der Waals surface area contributed by atoms with Crippen molar-refractivity contribution in [2.45, 2.75) is 40.2 Å². The minimum Gasteiger partial charge on any atom is -0.310 e. The van der Waals surface area contributed by atoms with Crippen molar-refractivity contribution in [1.82, 2.24) is 10.3 Å². The zero-order chi connectivity index (χ0) is 13.9. The molecule has 1 heterocycles. The predicted molar refractivity (Wildman–Crippen MR) is 82.2 cm³/mol. The minimum absolute atomic E-state index is 0.210. The first-order valence-corrected chi connectivity index (χ1v) is 7.16. The number of nitrogens with zero attached hydrogens (tertiary/aromatic N) is 1. The van der Waals surface area contributed by atoms with E-state index in [-0.39, 0.29) is 5.41 Å². The van der Waals surface area contributed by atoms with Gasteiger partial charge in [-0.3, -0.25) is 4.98 Å². The molecule has 0 aliphatic heterocycles. The third-order valence-corrected chi connectivity index (χ3v) is 4.11. The Kier molecular flexibility index (Phi) is 4.20.